The van der Waals surface area contributed by atoms with E-state index in [2.05, 4.69) is 4.99 Å². The summed E-state index contributed by atoms with van der Waals surface area (Å²) >= 11 is 0. The summed E-state index contributed by atoms with van der Waals surface area (Å²) < 4.78 is 28.6. The number of esters is 2. The minimum Gasteiger partial charge on any atom is -0.493 e. The molecule has 0 saturated carbocycles. The van der Waals surface area contributed by atoms with E-state index >= 15 is 0 Å². The highest BCUT2D eigenvalue weighted by molar-refractivity contribution is 5.92. The maximum atomic E-state index is 13.0. The fourth-order valence-electron chi connectivity index (χ4n) is 2.64. The summed E-state index contributed by atoms with van der Waals surface area (Å²) in [7, 11) is 1.46. The highest BCUT2D eigenvalue weighted by atomic mass is 19.1. The molecule has 0 aromatic heterocycles. The van der Waals surface area contributed by atoms with Gasteiger partial charge in [0.15, 0.2) is 11.5 Å². The molecule has 0 bridgehead atoms. The van der Waals surface area contributed by atoms with Crippen molar-refractivity contribution in [3.63, 3.8) is 0 Å². The fraction of sp³-hybridized carbons (Fsp3) is 0.125. The van der Waals surface area contributed by atoms with Crippen LogP contribution in [0.25, 0.3) is 0 Å². The Kier molecular flexibility index (Phi) is 7.11. The third kappa shape index (κ3) is 5.76. The van der Waals surface area contributed by atoms with E-state index in [1.165, 1.54) is 31.4 Å². The number of hydrogen-bond acceptors (Lipinski definition) is 6. The molecule has 0 amide bonds. The molecule has 0 saturated heterocycles. The van der Waals surface area contributed by atoms with Crippen LogP contribution in [0.15, 0.2) is 71.7 Å². The molecule has 0 N–H and O–H groups in total. The number of methoxy groups -OCH3 is 1. The molecule has 0 atom stereocenters. The summed E-state index contributed by atoms with van der Waals surface area (Å²) in [4.78, 5) is 28.3. The Hall–Kier alpha value is -4.00. The molecule has 0 aliphatic rings. The maximum absolute atomic E-state index is 13.0. The van der Waals surface area contributed by atoms with Gasteiger partial charge in [-0.2, -0.15) is 0 Å². The minimum absolute atomic E-state index is 0.223. The molecule has 7 heteroatoms. The predicted octanol–water partition coefficient (Wildman–Crippen LogP) is 4.98. The molecular formula is C24H20FNO5. The number of ether oxygens (including phenoxy) is 3. The number of rotatable bonds is 7. The van der Waals surface area contributed by atoms with Gasteiger partial charge in [-0.05, 0) is 79.2 Å². The first-order chi connectivity index (χ1) is 15.0. The lowest BCUT2D eigenvalue weighted by molar-refractivity contribution is 0.0526. The van der Waals surface area contributed by atoms with Crippen LogP contribution in [-0.2, 0) is 4.74 Å². The lowest BCUT2D eigenvalue weighted by Crippen LogP contribution is -2.09. The van der Waals surface area contributed by atoms with Crippen molar-refractivity contribution in [2.75, 3.05) is 13.7 Å². The summed E-state index contributed by atoms with van der Waals surface area (Å²) in [6.07, 6.45) is 1.62. The van der Waals surface area contributed by atoms with Crippen LogP contribution >= 0.6 is 0 Å². The van der Waals surface area contributed by atoms with Gasteiger partial charge in [-0.25, -0.2) is 14.0 Å². The van der Waals surface area contributed by atoms with Crippen molar-refractivity contribution in [3.8, 4) is 11.5 Å². The van der Waals surface area contributed by atoms with Crippen LogP contribution in [0.2, 0.25) is 0 Å². The standard InChI is InChI=1S/C24H20FNO5/c1-3-30-23(27)17-7-11-20(12-8-17)26-15-16-4-13-21(22(14-16)29-2)31-24(28)18-5-9-19(25)10-6-18/h4-15H,3H2,1-2H3. The first kappa shape index (κ1) is 21.7. The van der Waals surface area contributed by atoms with Crippen molar-refractivity contribution < 1.29 is 28.2 Å². The molecule has 0 fully saturated rings. The molecule has 0 spiro atoms. The number of nitrogens with zero attached hydrogens (tertiary/aromatic N) is 1. The Morgan fingerprint density at radius 3 is 2.19 bits per heavy atom. The second-order valence-electron chi connectivity index (χ2n) is 6.33. The van der Waals surface area contributed by atoms with Crippen LogP contribution in [0.3, 0.4) is 0 Å². The number of carbonyl (C=O) groups is 2. The van der Waals surface area contributed by atoms with E-state index in [1.807, 2.05) is 0 Å². The summed E-state index contributed by atoms with van der Waals surface area (Å²) in [5.41, 5.74) is 2.04. The van der Waals surface area contributed by atoms with Gasteiger partial charge in [0.1, 0.15) is 5.82 Å². The third-order valence-electron chi connectivity index (χ3n) is 4.21. The van der Waals surface area contributed by atoms with Crippen molar-refractivity contribution in [1.82, 2.24) is 0 Å². The summed E-state index contributed by atoms with van der Waals surface area (Å²) in [5.74, 6) is -0.868. The SMILES string of the molecule is CCOC(=O)c1ccc(N=Cc2ccc(OC(=O)c3ccc(F)cc3)c(OC)c2)cc1. The topological polar surface area (TPSA) is 74.2 Å². The van der Waals surface area contributed by atoms with Gasteiger partial charge < -0.3 is 14.2 Å². The quantitative estimate of drug-likeness (QED) is 0.306. The van der Waals surface area contributed by atoms with E-state index in [0.717, 1.165) is 0 Å². The zero-order valence-electron chi connectivity index (χ0n) is 17.0. The Balaban J connectivity index is 1.71. The highest BCUT2D eigenvalue weighted by Crippen LogP contribution is 2.28. The summed E-state index contributed by atoms with van der Waals surface area (Å²) in [6.45, 7) is 2.07. The smallest absolute Gasteiger partial charge is 0.343 e. The molecule has 158 valence electrons. The van der Waals surface area contributed by atoms with Gasteiger partial charge in [-0.3, -0.25) is 4.99 Å². The van der Waals surface area contributed by atoms with Gasteiger partial charge in [-0.1, -0.05) is 0 Å². The molecule has 0 unspecified atom stereocenters. The zero-order valence-corrected chi connectivity index (χ0v) is 17.0. The number of hydrogen-bond donors (Lipinski definition) is 0. The van der Waals surface area contributed by atoms with E-state index in [1.54, 1.807) is 55.6 Å². The average Bonchev–Trinajstić information content (AvgIpc) is 2.79. The number of halogens is 1. The van der Waals surface area contributed by atoms with Crippen molar-refractivity contribution >= 4 is 23.8 Å². The van der Waals surface area contributed by atoms with Crippen molar-refractivity contribution in [1.29, 1.82) is 0 Å². The van der Waals surface area contributed by atoms with E-state index in [-0.39, 0.29) is 17.3 Å². The Bertz CT molecular complexity index is 1090. The zero-order chi connectivity index (χ0) is 22.2. The minimum atomic E-state index is -0.624. The van der Waals surface area contributed by atoms with Crippen LogP contribution in [0, 0.1) is 5.82 Å². The molecule has 3 aromatic rings. The van der Waals surface area contributed by atoms with Gasteiger partial charge in [0.05, 0.1) is 30.5 Å². The number of aliphatic imine (C=N–C) groups is 1. The van der Waals surface area contributed by atoms with Gasteiger partial charge in [0.25, 0.3) is 0 Å². The van der Waals surface area contributed by atoms with Gasteiger partial charge in [0, 0.05) is 6.21 Å². The van der Waals surface area contributed by atoms with Crippen LogP contribution in [-0.4, -0.2) is 31.9 Å². The van der Waals surface area contributed by atoms with Crippen LogP contribution in [0.4, 0.5) is 10.1 Å². The highest BCUT2D eigenvalue weighted by Gasteiger charge is 2.13. The van der Waals surface area contributed by atoms with Crippen LogP contribution < -0.4 is 9.47 Å². The monoisotopic (exact) mass is 421 g/mol. The number of carbonyl (C=O) groups excluding carboxylic acids is 2. The van der Waals surface area contributed by atoms with Gasteiger partial charge in [0.2, 0.25) is 0 Å². The molecule has 0 aliphatic heterocycles. The van der Waals surface area contributed by atoms with E-state index < -0.39 is 11.8 Å². The Morgan fingerprint density at radius 2 is 1.55 bits per heavy atom. The molecular weight excluding hydrogens is 401 g/mol. The molecule has 31 heavy (non-hydrogen) atoms. The summed E-state index contributed by atoms with van der Waals surface area (Å²) in [6, 6.07) is 16.7. The first-order valence-corrected chi connectivity index (χ1v) is 9.47. The van der Waals surface area contributed by atoms with Gasteiger partial charge >= 0.3 is 11.9 Å². The molecule has 0 radical (unpaired) electrons. The lowest BCUT2D eigenvalue weighted by atomic mass is 10.2. The molecule has 0 heterocycles. The van der Waals surface area contributed by atoms with Crippen molar-refractivity contribution in [3.05, 3.63) is 89.2 Å². The first-order valence-electron chi connectivity index (χ1n) is 9.47. The molecule has 3 rings (SSSR count). The van der Waals surface area contributed by atoms with Crippen molar-refractivity contribution in [2.24, 2.45) is 4.99 Å². The van der Waals surface area contributed by atoms with Crippen LogP contribution in [0.5, 0.6) is 11.5 Å². The Labute approximate surface area is 178 Å². The second-order valence-corrected chi connectivity index (χ2v) is 6.33. The third-order valence-corrected chi connectivity index (χ3v) is 4.21. The molecule has 3 aromatic carbocycles. The number of benzene rings is 3. The predicted molar refractivity (Wildman–Crippen MR) is 114 cm³/mol. The van der Waals surface area contributed by atoms with Gasteiger partial charge in [-0.15, -0.1) is 0 Å². The normalized spacial score (nSPS) is 10.7. The van der Waals surface area contributed by atoms with E-state index in [0.29, 0.717) is 29.2 Å². The lowest BCUT2D eigenvalue weighted by Gasteiger charge is -2.10. The molecule has 6 nitrogen and oxygen atoms in total. The van der Waals surface area contributed by atoms with Crippen molar-refractivity contribution in [2.45, 2.75) is 6.92 Å². The van der Waals surface area contributed by atoms with Crippen LogP contribution in [0.1, 0.15) is 33.2 Å². The summed E-state index contributed by atoms with van der Waals surface area (Å²) in [5, 5.41) is 0. The second kappa shape index (κ2) is 10.2. The Morgan fingerprint density at radius 1 is 0.903 bits per heavy atom. The average molecular weight is 421 g/mol. The van der Waals surface area contributed by atoms with E-state index in [9.17, 15) is 14.0 Å². The van der Waals surface area contributed by atoms with E-state index in [4.69, 9.17) is 14.2 Å². The maximum Gasteiger partial charge on any atom is 0.343 e. The molecule has 0 aliphatic carbocycles. The largest absolute Gasteiger partial charge is 0.493 e. The fourth-order valence-corrected chi connectivity index (χ4v) is 2.64.